The molecule has 1 saturated carbocycles. The summed E-state index contributed by atoms with van der Waals surface area (Å²) in [4.78, 5) is 11.6. The van der Waals surface area contributed by atoms with Crippen LogP contribution in [0.4, 0.5) is 0 Å². The summed E-state index contributed by atoms with van der Waals surface area (Å²) in [6.45, 7) is 2.06. The van der Waals surface area contributed by atoms with Crippen molar-refractivity contribution in [3.8, 4) is 11.1 Å². The molecule has 1 nitrogen and oxygen atoms in total. The van der Waals surface area contributed by atoms with Gasteiger partial charge in [-0.05, 0) is 35.4 Å². The second-order valence-electron chi connectivity index (χ2n) is 5.94. The molecular formula is C19H20O. The van der Waals surface area contributed by atoms with E-state index in [0.717, 1.165) is 19.3 Å². The van der Waals surface area contributed by atoms with Crippen molar-refractivity contribution in [1.82, 2.24) is 0 Å². The van der Waals surface area contributed by atoms with Crippen LogP contribution in [0.5, 0.6) is 0 Å². The second-order valence-corrected chi connectivity index (χ2v) is 5.94. The minimum absolute atomic E-state index is 0.267. The first-order chi connectivity index (χ1) is 9.72. The fourth-order valence-electron chi connectivity index (χ4n) is 3.15. The maximum absolute atomic E-state index is 11.6. The van der Waals surface area contributed by atoms with Gasteiger partial charge in [-0.1, -0.05) is 61.5 Å². The van der Waals surface area contributed by atoms with Crippen molar-refractivity contribution >= 4 is 5.78 Å². The highest BCUT2D eigenvalue weighted by Crippen LogP contribution is 2.30. The summed E-state index contributed by atoms with van der Waals surface area (Å²) in [6.07, 6.45) is 2.85. The molecule has 0 N–H and O–H groups in total. The minimum atomic E-state index is 0.267. The molecule has 1 aliphatic carbocycles. The molecular weight excluding hydrogens is 244 g/mol. The van der Waals surface area contributed by atoms with Gasteiger partial charge in [0.2, 0.25) is 0 Å². The van der Waals surface area contributed by atoms with Crippen molar-refractivity contribution in [2.24, 2.45) is 11.8 Å². The van der Waals surface area contributed by atoms with Gasteiger partial charge >= 0.3 is 0 Å². The van der Waals surface area contributed by atoms with Gasteiger partial charge in [-0.3, -0.25) is 4.79 Å². The van der Waals surface area contributed by atoms with E-state index in [2.05, 4.69) is 55.5 Å². The Morgan fingerprint density at radius 1 is 0.950 bits per heavy atom. The fourth-order valence-corrected chi connectivity index (χ4v) is 3.15. The van der Waals surface area contributed by atoms with Crippen LogP contribution in [0.2, 0.25) is 0 Å². The predicted octanol–water partition coefficient (Wildman–Crippen LogP) is 4.51. The van der Waals surface area contributed by atoms with E-state index in [1.807, 2.05) is 6.07 Å². The molecule has 20 heavy (non-hydrogen) atoms. The topological polar surface area (TPSA) is 17.1 Å². The SMILES string of the molecule is C[C@@H]1CC(Cc2ccc(-c3ccccc3)cc2)CC1=O. The lowest BCUT2D eigenvalue weighted by Crippen LogP contribution is -2.00. The summed E-state index contributed by atoms with van der Waals surface area (Å²) < 4.78 is 0. The van der Waals surface area contributed by atoms with E-state index in [0.29, 0.717) is 11.7 Å². The number of hydrogen-bond acceptors (Lipinski definition) is 1. The van der Waals surface area contributed by atoms with Crippen molar-refractivity contribution in [3.63, 3.8) is 0 Å². The average molecular weight is 264 g/mol. The van der Waals surface area contributed by atoms with Gasteiger partial charge in [-0.2, -0.15) is 0 Å². The van der Waals surface area contributed by atoms with Gasteiger partial charge in [0.05, 0.1) is 0 Å². The maximum atomic E-state index is 11.6. The third-order valence-corrected chi connectivity index (χ3v) is 4.31. The predicted molar refractivity (Wildman–Crippen MR) is 82.5 cm³/mol. The summed E-state index contributed by atoms with van der Waals surface area (Å²) in [5.41, 5.74) is 3.85. The van der Waals surface area contributed by atoms with Crippen LogP contribution < -0.4 is 0 Å². The van der Waals surface area contributed by atoms with Gasteiger partial charge in [0, 0.05) is 12.3 Å². The van der Waals surface area contributed by atoms with Gasteiger partial charge in [-0.15, -0.1) is 0 Å². The molecule has 2 aromatic rings. The average Bonchev–Trinajstić information content (AvgIpc) is 2.79. The van der Waals surface area contributed by atoms with E-state index in [9.17, 15) is 4.79 Å². The lowest BCUT2D eigenvalue weighted by Gasteiger charge is -2.09. The van der Waals surface area contributed by atoms with Gasteiger partial charge < -0.3 is 0 Å². The summed E-state index contributed by atoms with van der Waals surface area (Å²) in [7, 11) is 0. The molecule has 0 aromatic heterocycles. The highest BCUT2D eigenvalue weighted by atomic mass is 16.1. The number of ketones is 1. The van der Waals surface area contributed by atoms with Crippen LogP contribution in [-0.2, 0) is 11.2 Å². The highest BCUT2D eigenvalue weighted by Gasteiger charge is 2.28. The number of carbonyl (C=O) groups excluding carboxylic acids is 1. The first-order valence-corrected chi connectivity index (χ1v) is 7.39. The number of Topliss-reactive ketones (excluding diaryl/α,β-unsaturated/α-hetero) is 1. The Morgan fingerprint density at radius 3 is 2.20 bits per heavy atom. The Morgan fingerprint density at radius 2 is 1.60 bits per heavy atom. The van der Waals surface area contributed by atoms with E-state index in [1.54, 1.807) is 0 Å². The number of benzene rings is 2. The van der Waals surface area contributed by atoms with Crippen LogP contribution in [0, 0.1) is 11.8 Å². The second kappa shape index (κ2) is 5.62. The summed E-state index contributed by atoms with van der Waals surface area (Å²) in [6, 6.07) is 19.2. The molecule has 3 rings (SSSR count). The summed E-state index contributed by atoms with van der Waals surface area (Å²) in [5.74, 6) is 1.25. The number of hydrogen-bond donors (Lipinski definition) is 0. The monoisotopic (exact) mass is 264 g/mol. The lowest BCUT2D eigenvalue weighted by atomic mass is 9.95. The minimum Gasteiger partial charge on any atom is -0.299 e. The molecule has 2 atom stereocenters. The quantitative estimate of drug-likeness (QED) is 0.797. The highest BCUT2D eigenvalue weighted by molar-refractivity contribution is 5.83. The number of carbonyl (C=O) groups is 1. The molecule has 0 heterocycles. The summed E-state index contributed by atoms with van der Waals surface area (Å²) >= 11 is 0. The Labute approximate surface area is 120 Å². The van der Waals surface area contributed by atoms with E-state index in [-0.39, 0.29) is 5.92 Å². The van der Waals surface area contributed by atoms with Crippen LogP contribution >= 0.6 is 0 Å². The standard InChI is InChI=1S/C19H20O/c1-14-11-16(13-19(14)20)12-15-7-9-18(10-8-15)17-5-3-2-4-6-17/h2-10,14,16H,11-13H2,1H3/t14-,16?/m1/s1. The molecule has 0 bridgehead atoms. The molecule has 1 fully saturated rings. The zero-order valence-corrected chi connectivity index (χ0v) is 11.9. The third-order valence-electron chi connectivity index (χ3n) is 4.31. The van der Waals surface area contributed by atoms with Crippen molar-refractivity contribution < 1.29 is 4.79 Å². The molecule has 0 aliphatic heterocycles. The summed E-state index contributed by atoms with van der Waals surface area (Å²) in [5, 5.41) is 0. The van der Waals surface area contributed by atoms with E-state index in [4.69, 9.17) is 0 Å². The van der Waals surface area contributed by atoms with Crippen LogP contribution in [-0.4, -0.2) is 5.78 Å². The van der Waals surface area contributed by atoms with Gasteiger partial charge in [0.15, 0.2) is 0 Å². The van der Waals surface area contributed by atoms with Crippen molar-refractivity contribution in [2.75, 3.05) is 0 Å². The van der Waals surface area contributed by atoms with Gasteiger partial charge in [0.25, 0.3) is 0 Å². The van der Waals surface area contributed by atoms with Crippen LogP contribution in [0.1, 0.15) is 25.3 Å². The first kappa shape index (κ1) is 13.1. The Hall–Kier alpha value is -1.89. The van der Waals surface area contributed by atoms with Gasteiger partial charge in [0.1, 0.15) is 5.78 Å². The molecule has 0 radical (unpaired) electrons. The van der Waals surface area contributed by atoms with Crippen LogP contribution in [0.3, 0.4) is 0 Å². The van der Waals surface area contributed by atoms with Crippen molar-refractivity contribution in [3.05, 3.63) is 60.2 Å². The zero-order valence-electron chi connectivity index (χ0n) is 11.9. The third kappa shape index (κ3) is 2.82. The largest absolute Gasteiger partial charge is 0.299 e. The fraction of sp³-hybridized carbons (Fsp3) is 0.316. The van der Waals surface area contributed by atoms with Crippen molar-refractivity contribution in [1.29, 1.82) is 0 Å². The Bertz CT molecular complexity index is 583. The molecule has 102 valence electrons. The smallest absolute Gasteiger partial charge is 0.135 e. The van der Waals surface area contributed by atoms with E-state index >= 15 is 0 Å². The van der Waals surface area contributed by atoms with E-state index in [1.165, 1.54) is 16.7 Å². The van der Waals surface area contributed by atoms with Crippen molar-refractivity contribution in [2.45, 2.75) is 26.2 Å². The molecule has 1 heteroatoms. The van der Waals surface area contributed by atoms with Gasteiger partial charge in [-0.25, -0.2) is 0 Å². The number of rotatable bonds is 3. The Kier molecular flexibility index (Phi) is 3.68. The normalized spacial score (nSPS) is 22.1. The molecule has 1 aliphatic rings. The first-order valence-electron chi connectivity index (χ1n) is 7.39. The molecule has 0 saturated heterocycles. The van der Waals surface area contributed by atoms with Crippen LogP contribution in [0.25, 0.3) is 11.1 Å². The molecule has 0 spiro atoms. The molecule has 1 unspecified atom stereocenters. The zero-order chi connectivity index (χ0) is 13.9. The van der Waals surface area contributed by atoms with Crippen LogP contribution in [0.15, 0.2) is 54.6 Å². The molecule has 2 aromatic carbocycles. The van der Waals surface area contributed by atoms with E-state index < -0.39 is 0 Å². The Balaban J connectivity index is 1.69. The molecule has 0 amide bonds. The maximum Gasteiger partial charge on any atom is 0.135 e. The lowest BCUT2D eigenvalue weighted by molar-refractivity contribution is -0.120.